The summed E-state index contributed by atoms with van der Waals surface area (Å²) in [7, 11) is 1.87. The quantitative estimate of drug-likeness (QED) is 0.909. The Labute approximate surface area is 132 Å². The molecule has 2 aliphatic carbocycles. The van der Waals surface area contributed by atoms with Crippen LogP contribution < -0.4 is 10.1 Å². The van der Waals surface area contributed by atoms with E-state index in [-0.39, 0.29) is 12.1 Å². The van der Waals surface area contributed by atoms with Crippen molar-refractivity contribution in [1.82, 2.24) is 15.2 Å². The van der Waals surface area contributed by atoms with E-state index in [1.165, 1.54) is 19.3 Å². The van der Waals surface area contributed by atoms with Gasteiger partial charge in [0.15, 0.2) is 0 Å². The smallest absolute Gasteiger partial charge is 0.317 e. The summed E-state index contributed by atoms with van der Waals surface area (Å²) in [4.78, 5) is 18.3. The highest BCUT2D eigenvalue weighted by Crippen LogP contribution is 2.25. The van der Waals surface area contributed by atoms with Gasteiger partial charge in [0, 0.05) is 31.4 Å². The topological polar surface area (TPSA) is 54.5 Å². The first-order valence-corrected chi connectivity index (χ1v) is 8.35. The lowest BCUT2D eigenvalue weighted by molar-refractivity contribution is 0.157. The molecular weight excluding hydrogens is 278 g/mol. The number of nitrogens with one attached hydrogen (secondary N) is 1. The van der Waals surface area contributed by atoms with E-state index in [1.807, 2.05) is 24.1 Å². The molecule has 0 aliphatic heterocycles. The summed E-state index contributed by atoms with van der Waals surface area (Å²) in [6.45, 7) is 0.464. The van der Waals surface area contributed by atoms with Crippen LogP contribution in [0.2, 0.25) is 0 Å². The van der Waals surface area contributed by atoms with E-state index in [4.69, 9.17) is 4.74 Å². The van der Waals surface area contributed by atoms with E-state index >= 15 is 0 Å². The lowest BCUT2D eigenvalue weighted by Crippen LogP contribution is -2.46. The Balaban J connectivity index is 1.56. The van der Waals surface area contributed by atoms with Crippen molar-refractivity contribution in [2.45, 2.75) is 63.6 Å². The predicted octanol–water partition coefficient (Wildman–Crippen LogP) is 3.10. The highest BCUT2D eigenvalue weighted by Gasteiger charge is 2.25. The monoisotopic (exact) mass is 303 g/mol. The maximum Gasteiger partial charge on any atom is 0.317 e. The van der Waals surface area contributed by atoms with Crippen LogP contribution in [-0.2, 0) is 6.54 Å². The van der Waals surface area contributed by atoms with Crippen LogP contribution >= 0.6 is 0 Å². The number of pyridine rings is 1. The van der Waals surface area contributed by atoms with Crippen molar-refractivity contribution in [3.8, 4) is 5.88 Å². The van der Waals surface area contributed by atoms with Gasteiger partial charge in [0.2, 0.25) is 5.88 Å². The van der Waals surface area contributed by atoms with E-state index < -0.39 is 0 Å². The molecule has 22 heavy (non-hydrogen) atoms. The van der Waals surface area contributed by atoms with E-state index in [2.05, 4.69) is 10.3 Å². The fraction of sp³-hybridized carbons (Fsp3) is 0.647. The molecule has 3 rings (SSSR count). The molecular formula is C17H25N3O2. The van der Waals surface area contributed by atoms with E-state index in [1.54, 1.807) is 6.20 Å². The number of urea groups is 1. The van der Waals surface area contributed by atoms with Crippen molar-refractivity contribution in [1.29, 1.82) is 0 Å². The lowest BCUT2D eigenvalue weighted by Gasteiger charge is -2.34. The lowest BCUT2D eigenvalue weighted by atomic mass is 9.92. The van der Waals surface area contributed by atoms with Gasteiger partial charge in [-0.15, -0.1) is 0 Å². The molecule has 2 saturated carbocycles. The molecule has 0 aromatic carbocycles. The number of amides is 2. The second kappa shape index (κ2) is 6.99. The molecule has 1 N–H and O–H groups in total. The van der Waals surface area contributed by atoms with Crippen molar-refractivity contribution in [3.63, 3.8) is 0 Å². The Morgan fingerprint density at radius 1 is 1.32 bits per heavy atom. The van der Waals surface area contributed by atoms with Gasteiger partial charge in [0.05, 0.1) is 0 Å². The number of carbonyl (C=O) groups excluding carboxylic acids is 1. The third-order valence-electron chi connectivity index (χ3n) is 4.80. The normalized spacial score (nSPS) is 18.8. The SMILES string of the molecule is CN(C(=O)NCc1cccnc1OC1CCCC1)C1CCC1. The van der Waals surface area contributed by atoms with E-state index in [0.717, 1.165) is 31.2 Å². The molecule has 1 aromatic rings. The van der Waals surface area contributed by atoms with Crippen LogP contribution in [-0.4, -0.2) is 35.1 Å². The fourth-order valence-corrected chi connectivity index (χ4v) is 3.06. The summed E-state index contributed by atoms with van der Waals surface area (Å²) in [5, 5.41) is 2.98. The van der Waals surface area contributed by atoms with Gasteiger partial charge < -0.3 is 15.0 Å². The third-order valence-corrected chi connectivity index (χ3v) is 4.80. The highest BCUT2D eigenvalue weighted by molar-refractivity contribution is 5.74. The number of nitrogens with zero attached hydrogens (tertiary/aromatic N) is 2. The van der Waals surface area contributed by atoms with Gasteiger partial charge in [0.25, 0.3) is 0 Å². The zero-order valence-corrected chi connectivity index (χ0v) is 13.3. The minimum absolute atomic E-state index is 0.0135. The van der Waals surface area contributed by atoms with E-state index in [0.29, 0.717) is 18.5 Å². The van der Waals surface area contributed by atoms with Crippen molar-refractivity contribution in [2.24, 2.45) is 0 Å². The second-order valence-corrected chi connectivity index (χ2v) is 6.35. The summed E-state index contributed by atoms with van der Waals surface area (Å²) < 4.78 is 6.00. The van der Waals surface area contributed by atoms with Crippen LogP contribution in [0.4, 0.5) is 4.79 Å². The van der Waals surface area contributed by atoms with E-state index in [9.17, 15) is 4.79 Å². The Hall–Kier alpha value is -1.78. The van der Waals surface area contributed by atoms with Gasteiger partial charge in [-0.3, -0.25) is 0 Å². The van der Waals surface area contributed by atoms with Gasteiger partial charge in [0.1, 0.15) is 6.10 Å². The summed E-state index contributed by atoms with van der Waals surface area (Å²) in [6.07, 6.45) is 10.2. The van der Waals surface area contributed by atoms with Crippen LogP contribution in [0.1, 0.15) is 50.5 Å². The molecule has 0 unspecified atom stereocenters. The molecule has 1 aromatic heterocycles. The Morgan fingerprint density at radius 2 is 2.09 bits per heavy atom. The molecule has 1 heterocycles. The van der Waals surface area contributed by atoms with Crippen molar-refractivity contribution >= 4 is 6.03 Å². The van der Waals surface area contributed by atoms with Gasteiger partial charge in [-0.05, 0) is 51.0 Å². The maximum atomic E-state index is 12.2. The van der Waals surface area contributed by atoms with Crippen molar-refractivity contribution < 1.29 is 9.53 Å². The summed E-state index contributed by atoms with van der Waals surface area (Å²) >= 11 is 0. The van der Waals surface area contributed by atoms with Crippen molar-refractivity contribution in [3.05, 3.63) is 23.9 Å². The summed E-state index contributed by atoms with van der Waals surface area (Å²) in [6, 6.07) is 4.25. The number of aromatic nitrogens is 1. The van der Waals surface area contributed by atoms with Crippen LogP contribution in [0.25, 0.3) is 0 Å². The van der Waals surface area contributed by atoms with Crippen LogP contribution in [0.5, 0.6) is 5.88 Å². The molecule has 0 atom stereocenters. The van der Waals surface area contributed by atoms with Crippen LogP contribution in [0.3, 0.4) is 0 Å². The van der Waals surface area contributed by atoms with Crippen molar-refractivity contribution in [2.75, 3.05) is 7.05 Å². The largest absolute Gasteiger partial charge is 0.474 e. The Kier molecular flexibility index (Phi) is 4.80. The number of ether oxygens (including phenoxy) is 1. The zero-order chi connectivity index (χ0) is 15.4. The predicted molar refractivity (Wildman–Crippen MR) is 84.8 cm³/mol. The molecule has 5 nitrogen and oxygen atoms in total. The standard InChI is InChI=1S/C17H25N3O2/c1-20(14-7-4-8-14)17(21)19-12-13-6-5-11-18-16(13)22-15-9-2-3-10-15/h5-6,11,14-15H,2-4,7-10,12H2,1H3,(H,19,21). The number of hydrogen-bond donors (Lipinski definition) is 1. The minimum Gasteiger partial charge on any atom is -0.474 e. The second-order valence-electron chi connectivity index (χ2n) is 6.35. The Bertz CT molecular complexity index is 510. The van der Waals surface area contributed by atoms with Gasteiger partial charge >= 0.3 is 6.03 Å². The van der Waals surface area contributed by atoms with Gasteiger partial charge in [-0.1, -0.05) is 6.07 Å². The summed E-state index contributed by atoms with van der Waals surface area (Å²) in [5.41, 5.74) is 0.949. The molecule has 2 fully saturated rings. The van der Waals surface area contributed by atoms with Gasteiger partial charge in [-0.2, -0.15) is 0 Å². The highest BCUT2D eigenvalue weighted by atomic mass is 16.5. The average Bonchev–Trinajstić information content (AvgIpc) is 2.97. The third kappa shape index (κ3) is 3.51. The molecule has 2 aliphatic rings. The summed E-state index contributed by atoms with van der Waals surface area (Å²) in [5.74, 6) is 0.668. The first-order valence-electron chi connectivity index (χ1n) is 8.35. The van der Waals surface area contributed by atoms with Crippen LogP contribution in [0, 0.1) is 0 Å². The molecule has 0 saturated heterocycles. The average molecular weight is 303 g/mol. The molecule has 120 valence electrons. The zero-order valence-electron chi connectivity index (χ0n) is 13.3. The first-order chi connectivity index (χ1) is 10.7. The number of hydrogen-bond acceptors (Lipinski definition) is 3. The van der Waals surface area contributed by atoms with Gasteiger partial charge in [-0.25, -0.2) is 9.78 Å². The number of carbonyl (C=O) groups is 1. The fourth-order valence-electron chi connectivity index (χ4n) is 3.06. The number of rotatable bonds is 5. The first kappa shape index (κ1) is 15.1. The molecule has 0 spiro atoms. The molecule has 2 amide bonds. The molecule has 0 bridgehead atoms. The minimum atomic E-state index is -0.0135. The molecule has 5 heteroatoms. The Morgan fingerprint density at radius 3 is 2.77 bits per heavy atom. The maximum absolute atomic E-state index is 12.2. The molecule has 0 radical (unpaired) electrons. The van der Waals surface area contributed by atoms with Crippen LogP contribution in [0.15, 0.2) is 18.3 Å².